The molecule has 0 aliphatic carbocycles. The Morgan fingerprint density at radius 2 is 2.12 bits per heavy atom. The maximum atomic E-state index is 12.6. The van der Waals surface area contributed by atoms with Crippen molar-refractivity contribution >= 4 is 35.8 Å². The molecule has 2 fully saturated rings. The van der Waals surface area contributed by atoms with E-state index in [9.17, 15) is 4.79 Å². The second-order valence-corrected chi connectivity index (χ2v) is 8.96. The van der Waals surface area contributed by atoms with Crippen molar-refractivity contribution in [3.05, 3.63) is 29.3 Å². The monoisotopic (exact) mass is 572 g/mol. The van der Waals surface area contributed by atoms with Crippen molar-refractivity contribution in [3.8, 4) is 5.75 Å². The van der Waals surface area contributed by atoms with Crippen molar-refractivity contribution in [3.63, 3.8) is 0 Å². The molecule has 7 nitrogen and oxygen atoms in total. The van der Waals surface area contributed by atoms with Crippen LogP contribution in [0.1, 0.15) is 57.1 Å². The van der Waals surface area contributed by atoms with Crippen LogP contribution in [0.25, 0.3) is 0 Å². The molecule has 1 amide bonds. The molecule has 33 heavy (non-hydrogen) atoms. The third-order valence-corrected chi connectivity index (χ3v) is 6.23. The minimum atomic E-state index is 0. The summed E-state index contributed by atoms with van der Waals surface area (Å²) in [7, 11) is 0. The molecule has 2 unspecified atom stereocenters. The zero-order chi connectivity index (χ0) is 22.8. The van der Waals surface area contributed by atoms with Gasteiger partial charge in [0.1, 0.15) is 5.75 Å². The lowest BCUT2D eigenvalue weighted by molar-refractivity contribution is -0.134. The highest BCUT2D eigenvalue weighted by atomic mass is 127. The number of nitrogens with zero attached hydrogens (tertiary/aromatic N) is 2. The molecule has 2 atom stereocenters. The van der Waals surface area contributed by atoms with Gasteiger partial charge in [-0.1, -0.05) is 12.1 Å². The molecule has 2 saturated heterocycles. The first-order chi connectivity index (χ1) is 15.6. The van der Waals surface area contributed by atoms with Crippen LogP contribution in [0, 0.1) is 12.8 Å². The van der Waals surface area contributed by atoms with Crippen LogP contribution in [0.4, 0.5) is 0 Å². The fourth-order valence-corrected chi connectivity index (χ4v) is 4.26. The lowest BCUT2D eigenvalue weighted by Crippen LogP contribution is -2.44. The molecule has 8 heteroatoms. The Hall–Kier alpha value is -1.55. The van der Waals surface area contributed by atoms with E-state index in [1.807, 2.05) is 11.8 Å². The number of hydrogen-bond acceptors (Lipinski definition) is 4. The smallest absolute Gasteiger partial charge is 0.224 e. The van der Waals surface area contributed by atoms with E-state index >= 15 is 0 Å². The van der Waals surface area contributed by atoms with Crippen molar-refractivity contribution in [2.75, 3.05) is 39.5 Å². The number of aryl methyl sites for hydroxylation is 1. The summed E-state index contributed by atoms with van der Waals surface area (Å²) in [6.45, 7) is 11.3. The van der Waals surface area contributed by atoms with Crippen LogP contribution < -0.4 is 15.4 Å². The van der Waals surface area contributed by atoms with Gasteiger partial charge >= 0.3 is 0 Å². The molecule has 2 heterocycles. The number of piperidine rings is 1. The summed E-state index contributed by atoms with van der Waals surface area (Å²) < 4.78 is 11.6. The van der Waals surface area contributed by atoms with Crippen LogP contribution in [-0.2, 0) is 16.1 Å². The summed E-state index contributed by atoms with van der Waals surface area (Å²) in [4.78, 5) is 19.4. The number of hydrogen-bond donors (Lipinski definition) is 2. The first kappa shape index (κ1) is 27.7. The van der Waals surface area contributed by atoms with Gasteiger partial charge in [0.25, 0.3) is 0 Å². The third kappa shape index (κ3) is 8.96. The molecule has 2 aliphatic heterocycles. The summed E-state index contributed by atoms with van der Waals surface area (Å²) in [5.74, 6) is 2.31. The number of amides is 1. The number of nitrogens with one attached hydrogen (secondary N) is 2. The van der Waals surface area contributed by atoms with E-state index in [0.717, 1.165) is 62.8 Å². The number of carbonyl (C=O) groups is 1. The topological polar surface area (TPSA) is 75.2 Å². The zero-order valence-electron chi connectivity index (χ0n) is 20.4. The maximum Gasteiger partial charge on any atom is 0.224 e. The second-order valence-electron chi connectivity index (χ2n) is 8.96. The highest BCUT2D eigenvalue weighted by Crippen LogP contribution is 2.23. The molecule has 1 aromatic carbocycles. The molecule has 0 spiro atoms. The van der Waals surface area contributed by atoms with E-state index in [1.165, 1.54) is 12.0 Å². The highest BCUT2D eigenvalue weighted by Gasteiger charge is 2.22. The van der Waals surface area contributed by atoms with Crippen molar-refractivity contribution in [2.24, 2.45) is 10.9 Å². The Bertz CT molecular complexity index is 768. The van der Waals surface area contributed by atoms with Crippen molar-refractivity contribution in [1.29, 1.82) is 0 Å². The molecule has 3 rings (SSSR count). The van der Waals surface area contributed by atoms with Crippen LogP contribution in [-0.4, -0.2) is 62.3 Å². The molecule has 2 N–H and O–H groups in total. The van der Waals surface area contributed by atoms with Gasteiger partial charge in [-0.05, 0) is 58.1 Å². The summed E-state index contributed by atoms with van der Waals surface area (Å²) in [6, 6.07) is 6.62. The summed E-state index contributed by atoms with van der Waals surface area (Å²) >= 11 is 0. The van der Waals surface area contributed by atoms with Crippen molar-refractivity contribution < 1.29 is 14.3 Å². The maximum absolute atomic E-state index is 12.6. The van der Waals surface area contributed by atoms with E-state index in [4.69, 9.17) is 14.5 Å². The van der Waals surface area contributed by atoms with Crippen LogP contribution in [0.5, 0.6) is 5.75 Å². The van der Waals surface area contributed by atoms with Gasteiger partial charge in [0.05, 0.1) is 19.8 Å². The van der Waals surface area contributed by atoms with E-state index in [-0.39, 0.29) is 29.9 Å². The minimum Gasteiger partial charge on any atom is -0.493 e. The summed E-state index contributed by atoms with van der Waals surface area (Å²) in [5.41, 5.74) is 2.23. The van der Waals surface area contributed by atoms with E-state index in [1.54, 1.807) is 0 Å². The van der Waals surface area contributed by atoms with Gasteiger partial charge in [-0.25, -0.2) is 4.99 Å². The van der Waals surface area contributed by atoms with Gasteiger partial charge in [-0.3, -0.25) is 4.79 Å². The Balaban J connectivity index is 0.00000385. The predicted molar refractivity (Wildman–Crippen MR) is 143 cm³/mol. The molecule has 0 aromatic heterocycles. The zero-order valence-corrected chi connectivity index (χ0v) is 22.7. The lowest BCUT2D eigenvalue weighted by atomic mass is 10.0. The Labute approximate surface area is 216 Å². The minimum absolute atomic E-state index is 0. The van der Waals surface area contributed by atoms with Crippen molar-refractivity contribution in [2.45, 2.75) is 65.5 Å². The van der Waals surface area contributed by atoms with E-state index in [2.05, 4.69) is 42.7 Å². The number of ether oxygens (including phenoxy) is 2. The third-order valence-electron chi connectivity index (χ3n) is 6.23. The Morgan fingerprint density at radius 1 is 1.27 bits per heavy atom. The first-order valence-electron chi connectivity index (χ1n) is 12.2. The van der Waals surface area contributed by atoms with Crippen LogP contribution >= 0.6 is 24.0 Å². The van der Waals surface area contributed by atoms with Gasteiger partial charge < -0.3 is 25.0 Å². The predicted octanol–water partition coefficient (Wildman–Crippen LogP) is 3.87. The summed E-state index contributed by atoms with van der Waals surface area (Å²) in [5, 5.41) is 6.60. The molecular weight excluding hydrogens is 531 g/mol. The number of guanidine groups is 1. The molecule has 0 radical (unpaired) electrons. The van der Waals surface area contributed by atoms with Gasteiger partial charge in [0.15, 0.2) is 5.96 Å². The molecule has 186 valence electrons. The van der Waals surface area contributed by atoms with E-state index < -0.39 is 0 Å². The first-order valence-corrected chi connectivity index (χ1v) is 12.2. The van der Waals surface area contributed by atoms with Crippen molar-refractivity contribution in [1.82, 2.24) is 15.5 Å². The van der Waals surface area contributed by atoms with E-state index in [0.29, 0.717) is 38.1 Å². The van der Waals surface area contributed by atoms with Crippen LogP contribution in [0.3, 0.4) is 0 Å². The highest BCUT2D eigenvalue weighted by molar-refractivity contribution is 14.0. The largest absolute Gasteiger partial charge is 0.493 e. The molecule has 2 aliphatic rings. The number of benzene rings is 1. The average Bonchev–Trinajstić information content (AvgIpc) is 3.31. The number of halogens is 1. The molecule has 0 bridgehead atoms. The summed E-state index contributed by atoms with van der Waals surface area (Å²) in [6.07, 6.45) is 4.99. The number of rotatable bonds is 9. The average molecular weight is 573 g/mol. The van der Waals surface area contributed by atoms with Gasteiger partial charge in [-0.15, -0.1) is 24.0 Å². The quantitative estimate of drug-likeness (QED) is 0.267. The molecule has 0 saturated carbocycles. The second kappa shape index (κ2) is 14.7. The van der Waals surface area contributed by atoms with Gasteiger partial charge in [0, 0.05) is 50.2 Å². The fourth-order valence-electron chi connectivity index (χ4n) is 4.26. The SMILES string of the molecule is CCNC(=NCc1ccc(C)cc1OCC1CCOC1)NCCC(=O)N1CCCCC1C.I. The van der Waals surface area contributed by atoms with Crippen LogP contribution in [0.2, 0.25) is 0 Å². The van der Waals surface area contributed by atoms with Gasteiger partial charge in [-0.2, -0.15) is 0 Å². The Morgan fingerprint density at radius 3 is 2.85 bits per heavy atom. The fraction of sp³-hybridized carbons (Fsp3) is 0.680. The van der Waals surface area contributed by atoms with Crippen LogP contribution in [0.15, 0.2) is 23.2 Å². The van der Waals surface area contributed by atoms with Gasteiger partial charge in [0.2, 0.25) is 5.91 Å². The number of carbonyl (C=O) groups excluding carboxylic acids is 1. The number of likely N-dealkylation sites (tertiary alicyclic amines) is 1. The lowest BCUT2D eigenvalue weighted by Gasteiger charge is -2.33. The normalized spacial score (nSPS) is 20.8. The molecule has 1 aromatic rings. The standard InChI is InChI=1S/C25H40N4O3.HI/c1-4-26-25(27-12-10-24(30)29-13-6-5-7-20(29)3)28-16-22-9-8-19(2)15-23(22)32-18-21-11-14-31-17-21;/h8-9,15,20-21H,4-7,10-14,16-18H2,1-3H3,(H2,26,27,28);1H. The Kier molecular flexibility index (Phi) is 12.3. The number of aliphatic imine (C=N–C) groups is 1. The molecular formula is C25H41IN4O3.